The first kappa shape index (κ1) is 18.3. The normalized spacial score (nSPS) is 16.8. The fraction of sp³-hybridized carbons (Fsp3) is 0.556. The van der Waals surface area contributed by atoms with Crippen LogP contribution in [0.3, 0.4) is 0 Å². The molecule has 0 saturated carbocycles. The average molecular weight is 389 g/mol. The molecule has 0 bridgehead atoms. The number of hydrogen-bond acceptors (Lipinski definition) is 7. The third-order valence-electron chi connectivity index (χ3n) is 5.16. The van der Waals surface area contributed by atoms with Gasteiger partial charge >= 0.3 is 0 Å². The molecule has 9 heteroatoms. The quantitative estimate of drug-likeness (QED) is 0.686. The Morgan fingerprint density at radius 2 is 2.04 bits per heavy atom. The largest absolute Gasteiger partial charge is 0.395 e. The first-order valence-corrected chi connectivity index (χ1v) is 10.1. The molecule has 0 aromatic carbocycles. The zero-order chi connectivity index (χ0) is 19.1. The Bertz CT molecular complexity index is 1010. The van der Waals surface area contributed by atoms with E-state index in [-0.39, 0.29) is 32.1 Å². The first-order chi connectivity index (χ1) is 13.0. The van der Waals surface area contributed by atoms with E-state index in [9.17, 15) is 15.0 Å². The third-order valence-corrected chi connectivity index (χ3v) is 6.32. The van der Waals surface area contributed by atoms with E-state index >= 15 is 0 Å². The number of fused-ring (bicyclic) bond motifs is 5. The maximum Gasteiger partial charge on any atom is 0.293 e. The molecule has 0 radical (unpaired) electrons. The summed E-state index contributed by atoms with van der Waals surface area (Å²) in [4.78, 5) is 25.7. The second-order valence-corrected chi connectivity index (χ2v) is 8.07. The lowest BCUT2D eigenvalue weighted by atomic mass is 9.87. The highest BCUT2D eigenvalue weighted by molar-refractivity contribution is 7.19. The summed E-state index contributed by atoms with van der Waals surface area (Å²) >= 11 is 1.72. The number of aliphatic hydroxyl groups excluding tert-OH is 2. The molecule has 0 unspecified atom stereocenters. The van der Waals surface area contributed by atoms with Crippen molar-refractivity contribution >= 4 is 33.1 Å². The molecule has 2 N–H and O–H groups in total. The van der Waals surface area contributed by atoms with E-state index in [4.69, 9.17) is 4.98 Å². The summed E-state index contributed by atoms with van der Waals surface area (Å²) in [7, 11) is 0. The van der Waals surface area contributed by atoms with Gasteiger partial charge in [0.1, 0.15) is 10.7 Å². The zero-order valence-electron chi connectivity index (χ0n) is 15.5. The Labute approximate surface area is 160 Å². The van der Waals surface area contributed by atoms with E-state index < -0.39 is 5.91 Å². The van der Waals surface area contributed by atoms with Gasteiger partial charge in [-0.05, 0) is 37.7 Å². The van der Waals surface area contributed by atoms with Gasteiger partial charge in [0.25, 0.3) is 5.91 Å². The Balaban J connectivity index is 1.88. The molecular weight excluding hydrogens is 366 g/mol. The number of aliphatic hydroxyl groups is 2. The van der Waals surface area contributed by atoms with Crippen molar-refractivity contribution in [3.8, 4) is 0 Å². The molecule has 3 heterocycles. The van der Waals surface area contributed by atoms with Crippen LogP contribution in [0.1, 0.15) is 52.6 Å². The van der Waals surface area contributed by atoms with Crippen LogP contribution >= 0.6 is 11.3 Å². The van der Waals surface area contributed by atoms with Crippen molar-refractivity contribution in [2.75, 3.05) is 26.3 Å². The van der Waals surface area contributed by atoms with Crippen molar-refractivity contribution in [3.05, 3.63) is 22.1 Å². The minimum atomic E-state index is -0.397. The van der Waals surface area contributed by atoms with Gasteiger partial charge in [0.15, 0.2) is 5.65 Å². The highest BCUT2D eigenvalue weighted by Gasteiger charge is 2.27. The van der Waals surface area contributed by atoms with Crippen LogP contribution in [0.2, 0.25) is 0 Å². The molecule has 27 heavy (non-hydrogen) atoms. The van der Waals surface area contributed by atoms with Gasteiger partial charge in [0.05, 0.1) is 18.6 Å². The summed E-state index contributed by atoms with van der Waals surface area (Å²) in [5, 5.41) is 23.8. The standard InChI is InChI=1S/C18H23N5O3S/c1-10-4-3-5-12-13(10)14-16-20-15(18(26)22(6-8-24)7-9-25)21-23(16)11(2)19-17(14)27-12/h10,24-25H,3-9H2,1-2H3/t10-/m0/s1. The van der Waals surface area contributed by atoms with Crippen molar-refractivity contribution < 1.29 is 15.0 Å². The molecule has 1 amide bonds. The molecule has 1 aliphatic carbocycles. The summed E-state index contributed by atoms with van der Waals surface area (Å²) in [6, 6.07) is 0. The fourth-order valence-corrected chi connectivity index (χ4v) is 5.25. The van der Waals surface area contributed by atoms with Crippen LogP contribution in [-0.4, -0.2) is 66.9 Å². The Hall–Kier alpha value is -2.10. The number of amides is 1. The van der Waals surface area contributed by atoms with E-state index in [2.05, 4.69) is 17.0 Å². The van der Waals surface area contributed by atoms with Gasteiger partial charge in [-0.25, -0.2) is 9.97 Å². The highest BCUT2D eigenvalue weighted by Crippen LogP contribution is 2.42. The molecule has 0 spiro atoms. The molecule has 0 aliphatic heterocycles. The number of thiophene rings is 1. The van der Waals surface area contributed by atoms with Crippen LogP contribution in [0, 0.1) is 6.92 Å². The predicted molar refractivity (Wildman–Crippen MR) is 102 cm³/mol. The lowest BCUT2D eigenvalue weighted by Gasteiger charge is -2.18. The number of nitrogens with zero attached hydrogens (tertiary/aromatic N) is 5. The molecule has 4 rings (SSSR count). The Morgan fingerprint density at radius 1 is 1.30 bits per heavy atom. The van der Waals surface area contributed by atoms with Crippen LogP contribution in [0.25, 0.3) is 15.9 Å². The summed E-state index contributed by atoms with van der Waals surface area (Å²) in [5.74, 6) is 0.794. The summed E-state index contributed by atoms with van der Waals surface area (Å²) in [5.41, 5.74) is 1.97. The van der Waals surface area contributed by atoms with Crippen LogP contribution in [0.5, 0.6) is 0 Å². The molecule has 8 nitrogen and oxygen atoms in total. The van der Waals surface area contributed by atoms with E-state index in [1.165, 1.54) is 21.8 Å². The van der Waals surface area contributed by atoms with Crippen molar-refractivity contribution in [2.45, 2.75) is 39.0 Å². The number of aryl methyl sites for hydroxylation is 2. The van der Waals surface area contributed by atoms with Crippen LogP contribution < -0.4 is 0 Å². The number of aromatic nitrogens is 4. The van der Waals surface area contributed by atoms with Crippen molar-refractivity contribution in [1.29, 1.82) is 0 Å². The van der Waals surface area contributed by atoms with Crippen LogP contribution in [-0.2, 0) is 6.42 Å². The second-order valence-electron chi connectivity index (χ2n) is 6.98. The van der Waals surface area contributed by atoms with Crippen LogP contribution in [0.15, 0.2) is 0 Å². The molecule has 3 aromatic rings. The molecule has 0 saturated heterocycles. The monoisotopic (exact) mass is 389 g/mol. The summed E-state index contributed by atoms with van der Waals surface area (Å²) in [6.07, 6.45) is 3.39. The van der Waals surface area contributed by atoms with Gasteiger partial charge in [-0.1, -0.05) is 6.92 Å². The maximum atomic E-state index is 12.8. The van der Waals surface area contributed by atoms with Crippen molar-refractivity contribution in [2.24, 2.45) is 0 Å². The third kappa shape index (κ3) is 2.99. The van der Waals surface area contributed by atoms with E-state index in [0.29, 0.717) is 17.4 Å². The molecular formula is C18H23N5O3S. The Kier molecular flexibility index (Phi) is 4.83. The average Bonchev–Trinajstić information content (AvgIpc) is 3.23. The summed E-state index contributed by atoms with van der Waals surface area (Å²) < 4.78 is 1.64. The van der Waals surface area contributed by atoms with Gasteiger partial charge in [-0.2, -0.15) is 4.52 Å². The van der Waals surface area contributed by atoms with Gasteiger partial charge in [0, 0.05) is 18.0 Å². The van der Waals surface area contributed by atoms with Gasteiger partial charge < -0.3 is 15.1 Å². The Morgan fingerprint density at radius 3 is 2.74 bits per heavy atom. The second kappa shape index (κ2) is 7.14. The predicted octanol–water partition coefficient (Wildman–Crippen LogP) is 1.51. The summed E-state index contributed by atoms with van der Waals surface area (Å²) in [6.45, 7) is 3.99. The molecule has 1 aliphatic rings. The minimum Gasteiger partial charge on any atom is -0.395 e. The molecule has 144 valence electrons. The van der Waals surface area contributed by atoms with E-state index in [1.807, 2.05) is 6.92 Å². The first-order valence-electron chi connectivity index (χ1n) is 9.24. The van der Waals surface area contributed by atoms with Crippen molar-refractivity contribution in [1.82, 2.24) is 24.5 Å². The molecule has 3 aromatic heterocycles. The minimum absolute atomic E-state index is 0.0673. The lowest BCUT2D eigenvalue weighted by molar-refractivity contribution is 0.0673. The van der Waals surface area contributed by atoms with Crippen molar-refractivity contribution in [3.63, 3.8) is 0 Å². The number of carbonyl (C=O) groups excluding carboxylic acids is 1. The zero-order valence-corrected chi connectivity index (χ0v) is 16.3. The maximum absolute atomic E-state index is 12.8. The number of carbonyl (C=O) groups is 1. The van der Waals surface area contributed by atoms with E-state index in [0.717, 1.165) is 23.1 Å². The number of hydrogen-bond donors (Lipinski definition) is 2. The van der Waals surface area contributed by atoms with Crippen LogP contribution in [0.4, 0.5) is 0 Å². The number of rotatable bonds is 5. The van der Waals surface area contributed by atoms with Gasteiger partial charge in [0.2, 0.25) is 5.82 Å². The highest BCUT2D eigenvalue weighted by atomic mass is 32.1. The molecule has 0 fully saturated rings. The topological polar surface area (TPSA) is 104 Å². The smallest absolute Gasteiger partial charge is 0.293 e. The fourth-order valence-electron chi connectivity index (χ4n) is 3.87. The lowest BCUT2D eigenvalue weighted by Crippen LogP contribution is -2.36. The SMILES string of the molecule is Cc1nc2sc3c(c2c2nc(C(=O)N(CCO)CCO)nn12)[C@@H](C)CCC3. The van der Waals surface area contributed by atoms with Gasteiger partial charge in [-0.3, -0.25) is 4.79 Å². The van der Waals surface area contributed by atoms with E-state index in [1.54, 1.807) is 15.9 Å². The van der Waals surface area contributed by atoms with Gasteiger partial charge in [-0.15, -0.1) is 16.4 Å². The molecule has 1 atom stereocenters.